The highest BCUT2D eigenvalue weighted by Gasteiger charge is 2.42. The van der Waals surface area contributed by atoms with Crippen LogP contribution in [0.25, 0.3) is 0 Å². The fourth-order valence-corrected chi connectivity index (χ4v) is 12.4. The van der Waals surface area contributed by atoms with E-state index in [2.05, 4.69) is 57.5 Å². The number of unbranched alkanes of at least 4 members (excludes halogenated alkanes) is 1. The van der Waals surface area contributed by atoms with Crippen LogP contribution >= 0.6 is 0 Å². The number of nitrogens with zero attached hydrogens (tertiary/aromatic N) is 5. The van der Waals surface area contributed by atoms with Crippen LogP contribution in [0, 0.1) is 11.8 Å². The van der Waals surface area contributed by atoms with Crippen LogP contribution in [0.4, 0.5) is 0 Å². The normalized spacial score (nSPS) is 16.4. The first-order chi connectivity index (χ1) is 50.0. The summed E-state index contributed by atoms with van der Waals surface area (Å²) in [4.78, 5) is 172. The van der Waals surface area contributed by atoms with Crippen LogP contribution in [-0.2, 0) is 78.5 Å². The van der Waals surface area contributed by atoms with E-state index in [1.165, 1.54) is 21.9 Å². The van der Waals surface area contributed by atoms with Crippen molar-refractivity contribution in [3.8, 4) is 5.75 Å². The summed E-state index contributed by atoms with van der Waals surface area (Å²) in [5.41, 5.74) is 54.5. The molecule has 0 spiro atoms. The van der Waals surface area contributed by atoms with Crippen molar-refractivity contribution in [3.05, 3.63) is 101 Å². The first-order valence-corrected chi connectivity index (χ1v) is 35.8. The fraction of sp³-hybridized carbons (Fsp3) is 0.549. The maximum Gasteiger partial charge on any atom is 0.245 e. The molecule has 0 aliphatic carbocycles. The molecule has 0 saturated carbocycles. The second-order valence-electron chi connectivity index (χ2n) is 27.0. The molecule has 2 aliphatic rings. The first-order valence-electron chi connectivity index (χ1n) is 35.8. The van der Waals surface area contributed by atoms with Crippen molar-refractivity contribution >= 4 is 82.9 Å². The lowest BCUT2D eigenvalue weighted by Gasteiger charge is -2.37. The summed E-state index contributed by atoms with van der Waals surface area (Å²) < 4.78 is 0. The lowest BCUT2D eigenvalue weighted by atomic mass is 9.92. The highest BCUT2D eigenvalue weighted by atomic mass is 16.3. The molecule has 1 saturated heterocycles. The minimum absolute atomic E-state index is 0.000386. The van der Waals surface area contributed by atoms with Gasteiger partial charge in [-0.3, -0.25) is 67.7 Å². The zero-order valence-electron chi connectivity index (χ0n) is 60.6. The highest BCUT2D eigenvalue weighted by Crippen LogP contribution is 2.26. The van der Waals surface area contributed by atoms with Crippen molar-refractivity contribution in [2.45, 2.75) is 197 Å². The number of phenolic OH excluding ortho intramolecular Hbond substituents is 1. The van der Waals surface area contributed by atoms with Crippen molar-refractivity contribution in [1.29, 1.82) is 0 Å². The van der Waals surface area contributed by atoms with E-state index >= 15 is 0 Å². The molecule has 2 heterocycles. The van der Waals surface area contributed by atoms with Gasteiger partial charge in [0.2, 0.25) is 65.0 Å². The minimum atomic E-state index is -1.44. The topological polar surface area (TPSA) is 582 Å². The Labute approximate surface area is 612 Å². The van der Waals surface area contributed by atoms with E-state index in [0.29, 0.717) is 43.4 Å². The Morgan fingerprint density at radius 3 is 1.60 bits per heavy atom. The number of aromatic hydroxyl groups is 1. The van der Waals surface area contributed by atoms with E-state index in [0.717, 1.165) is 11.1 Å². The standard InChI is InChI=1S/C71H110N22O12/c1-5-42(4)58(66(103)89-52(24-15-33-83-71(79)80)68(105)92-34-16-25-55(92)65(102)86-49(59(74)96)21-11-12-30-72)91-61(98)51(23-14-32-82-70(77)78)87-60(97)50(22-13-31-81-69(75)76)88-62(99)53(35-41(2)3)90-63(100)54(37-43-17-7-6-8-18-43)85-57(95)39-84-64(101)56-38-45-19-9-10-20-46(45)40-93(56)67(104)48(73)36-44-26-28-47(94)29-27-44/h6-10,17-20,26-29,41-42,48-56,58,94H,5,11-16,21-25,30-40,72-73H2,1-4H3,(H2,74,96)(H,84,101)(H,85,95)(H,86,102)(H,87,97)(H,88,99)(H,89,103)(H,90,100)(H,91,98)(H4,75,76,81)(H4,77,78,82)(H4,79,80,83)/t42-,48-,49-,50-,51-,52-,53-,54-,55-,56-,58-/m0/s1. The number of aliphatic imine (C=N–C) groups is 3. The molecule has 1 fully saturated rings. The Morgan fingerprint density at radius 1 is 0.524 bits per heavy atom. The largest absolute Gasteiger partial charge is 0.508 e. The predicted octanol–water partition coefficient (Wildman–Crippen LogP) is -3.17. The number of hydrogen-bond acceptors (Lipinski definition) is 17. The minimum Gasteiger partial charge on any atom is -0.508 e. The van der Waals surface area contributed by atoms with Crippen molar-refractivity contribution < 1.29 is 57.8 Å². The number of fused-ring (bicyclic) bond motifs is 1. The summed E-state index contributed by atoms with van der Waals surface area (Å²) in [7, 11) is 0. The Hall–Kier alpha value is -10.6. The van der Waals surface area contributed by atoms with E-state index in [-0.39, 0.29) is 139 Å². The number of nitrogens with one attached hydrogen (secondary N) is 8. The number of carbonyl (C=O) groups is 11. The molecule has 3 aromatic carbocycles. The maximum atomic E-state index is 14.9. The number of rotatable bonds is 43. The van der Waals surface area contributed by atoms with Gasteiger partial charge in [0, 0.05) is 45.6 Å². The molecule has 105 heavy (non-hydrogen) atoms. The summed E-state index contributed by atoms with van der Waals surface area (Å²) in [6, 6.07) is 9.86. The summed E-state index contributed by atoms with van der Waals surface area (Å²) in [5.74, 6) is -9.61. The monoisotopic (exact) mass is 1460 g/mol. The Balaban J connectivity index is 1.38. The van der Waals surface area contributed by atoms with Gasteiger partial charge in [-0.05, 0) is 136 Å². The van der Waals surface area contributed by atoms with Crippen molar-refractivity contribution in [2.24, 2.45) is 78.4 Å². The van der Waals surface area contributed by atoms with Crippen LogP contribution in [0.3, 0.4) is 0 Å². The van der Waals surface area contributed by atoms with Gasteiger partial charge in [-0.15, -0.1) is 0 Å². The van der Waals surface area contributed by atoms with Gasteiger partial charge in [0.25, 0.3) is 0 Å². The lowest BCUT2D eigenvalue weighted by molar-refractivity contribution is -0.143. The van der Waals surface area contributed by atoms with E-state index < -0.39 is 138 Å². The molecule has 34 nitrogen and oxygen atoms in total. The van der Waals surface area contributed by atoms with Gasteiger partial charge in [0.15, 0.2) is 17.9 Å². The third kappa shape index (κ3) is 28.5. The Morgan fingerprint density at radius 2 is 1.04 bits per heavy atom. The maximum absolute atomic E-state index is 14.9. The second-order valence-corrected chi connectivity index (χ2v) is 27.0. The van der Waals surface area contributed by atoms with Gasteiger partial charge < -0.3 is 109 Å². The number of hydrogen-bond donors (Lipinski definition) is 18. The number of likely N-dealkylation sites (tertiary alicyclic amines) is 1. The van der Waals surface area contributed by atoms with E-state index in [9.17, 15) is 57.8 Å². The molecule has 11 amide bonds. The van der Waals surface area contributed by atoms with Gasteiger partial charge in [-0.1, -0.05) is 101 Å². The molecule has 0 bridgehead atoms. The molecule has 34 heteroatoms. The van der Waals surface area contributed by atoms with Gasteiger partial charge in [0.1, 0.15) is 60.1 Å². The molecule has 0 unspecified atom stereocenters. The summed E-state index contributed by atoms with van der Waals surface area (Å²) in [5, 5.41) is 31.8. The smallest absolute Gasteiger partial charge is 0.245 e. The van der Waals surface area contributed by atoms with Crippen molar-refractivity contribution in [2.75, 3.05) is 39.3 Å². The number of benzene rings is 3. The van der Waals surface area contributed by atoms with E-state index in [1.54, 1.807) is 70.2 Å². The van der Waals surface area contributed by atoms with E-state index in [4.69, 9.17) is 51.6 Å². The molecular weight excluding hydrogens is 1350 g/mol. The quantitative estimate of drug-likeness (QED) is 0.0151. The summed E-state index contributed by atoms with van der Waals surface area (Å²) in [6.07, 6.45) is 2.58. The van der Waals surface area contributed by atoms with E-state index in [1.807, 2.05) is 24.3 Å². The van der Waals surface area contributed by atoms with Crippen molar-refractivity contribution in [1.82, 2.24) is 52.3 Å². The van der Waals surface area contributed by atoms with Crippen LogP contribution in [0.1, 0.15) is 133 Å². The van der Waals surface area contributed by atoms with Crippen LogP contribution in [-0.4, -0.2) is 197 Å². The van der Waals surface area contributed by atoms with Gasteiger partial charge in [-0.2, -0.15) is 0 Å². The average Bonchev–Trinajstić information content (AvgIpc) is 1.29. The van der Waals surface area contributed by atoms with Crippen LogP contribution in [0.15, 0.2) is 93.8 Å². The number of amides is 11. The Bertz CT molecular complexity index is 3490. The Kier molecular flexibility index (Phi) is 35.2. The number of nitrogens with two attached hydrogens (primary N) is 9. The lowest BCUT2D eigenvalue weighted by Crippen LogP contribution is -2.61. The van der Waals surface area contributed by atoms with Crippen molar-refractivity contribution in [3.63, 3.8) is 0 Å². The zero-order chi connectivity index (χ0) is 77.3. The van der Waals surface area contributed by atoms with Crippen LogP contribution in [0.5, 0.6) is 5.75 Å². The van der Waals surface area contributed by atoms with Crippen LogP contribution < -0.4 is 94.1 Å². The molecule has 0 radical (unpaired) electrons. The molecular formula is C71H110N22O12. The summed E-state index contributed by atoms with van der Waals surface area (Å²) in [6.45, 7) is 7.06. The predicted molar refractivity (Wildman–Crippen MR) is 396 cm³/mol. The second kappa shape index (κ2) is 43.5. The molecule has 576 valence electrons. The number of carbonyl (C=O) groups excluding carboxylic acids is 11. The molecule has 0 aromatic heterocycles. The van der Waals surface area contributed by atoms with Crippen LogP contribution in [0.2, 0.25) is 0 Å². The molecule has 11 atom stereocenters. The molecule has 3 aromatic rings. The molecule has 2 aliphatic heterocycles. The number of primary amides is 1. The highest BCUT2D eigenvalue weighted by molar-refractivity contribution is 5.99. The van der Waals surface area contributed by atoms with Gasteiger partial charge in [0.05, 0.1) is 12.6 Å². The number of guanidine groups is 3. The summed E-state index contributed by atoms with van der Waals surface area (Å²) >= 11 is 0. The fourth-order valence-electron chi connectivity index (χ4n) is 12.4. The molecule has 5 rings (SSSR count). The number of phenols is 1. The molecule has 27 N–H and O–H groups in total. The zero-order valence-corrected chi connectivity index (χ0v) is 60.6. The van der Waals surface area contributed by atoms with Gasteiger partial charge >= 0.3 is 0 Å². The third-order valence-corrected chi connectivity index (χ3v) is 18.2. The third-order valence-electron chi connectivity index (χ3n) is 18.2. The SMILES string of the molecule is CC[C@H](C)[C@H](NC(=O)[C@H](CCCN=C(N)N)NC(=O)[C@H](CCCN=C(N)N)NC(=O)[C@H](CC(C)C)NC(=O)[C@H](Cc1ccccc1)NC(=O)CNC(=O)[C@@H]1Cc2ccccc2CN1C(=O)[C@@H](N)Cc1ccc(O)cc1)C(=O)N[C@@H](CCCN=C(N)N)C(=O)N1CCC[C@H]1C(=O)N[C@@H](CCCCN)C(N)=O. The average molecular weight is 1460 g/mol. The first kappa shape index (κ1) is 85.0. The van der Waals surface area contributed by atoms with Gasteiger partial charge in [-0.25, -0.2) is 0 Å².